The fraction of sp³-hybridized carbons (Fsp3) is 0.321. The van der Waals surface area contributed by atoms with Gasteiger partial charge in [0.15, 0.2) is 5.65 Å². The van der Waals surface area contributed by atoms with E-state index in [0.717, 1.165) is 60.6 Å². The number of benzene rings is 2. The van der Waals surface area contributed by atoms with E-state index in [1.54, 1.807) is 11.9 Å². The predicted molar refractivity (Wildman–Crippen MR) is 150 cm³/mol. The van der Waals surface area contributed by atoms with Crippen LogP contribution in [0.2, 0.25) is 0 Å². The number of rotatable bonds is 5. The Morgan fingerprint density at radius 1 is 0.914 bits per heavy atom. The first-order valence-electron chi connectivity index (χ1n) is 12.3. The number of piperazine rings is 1. The molecule has 0 saturated carbocycles. The van der Waals surface area contributed by atoms with Crippen LogP contribution < -0.4 is 4.90 Å². The van der Waals surface area contributed by atoms with Gasteiger partial charge in [-0.1, -0.05) is 44.2 Å². The highest BCUT2D eigenvalue weighted by molar-refractivity contribution is 9.10. The third-order valence-electron chi connectivity index (χ3n) is 6.53. The van der Waals surface area contributed by atoms with E-state index < -0.39 is 0 Å². The van der Waals surface area contributed by atoms with Crippen LogP contribution in [0.15, 0.2) is 82.3 Å². The zero-order chi connectivity index (χ0) is 24.2. The Morgan fingerprint density at radius 2 is 1.63 bits per heavy atom. The average molecular weight is 552 g/mol. The van der Waals surface area contributed by atoms with Gasteiger partial charge in [0.25, 0.3) is 0 Å². The molecule has 2 aromatic heterocycles. The van der Waals surface area contributed by atoms with Gasteiger partial charge in [-0.05, 0) is 69.8 Å². The van der Waals surface area contributed by atoms with Gasteiger partial charge in [0.1, 0.15) is 0 Å². The summed E-state index contributed by atoms with van der Waals surface area (Å²) in [6.45, 7) is 10.1. The number of hydrogen-bond donors (Lipinski definition) is 0. The zero-order valence-corrected chi connectivity index (χ0v) is 22.6. The Labute approximate surface area is 220 Å². The molecule has 2 aliphatic heterocycles. The highest BCUT2D eigenvalue weighted by Gasteiger charge is 2.28. The monoisotopic (exact) mass is 550 g/mol. The van der Waals surface area contributed by atoms with Crippen LogP contribution in [-0.4, -0.2) is 59.3 Å². The second-order valence-corrected chi connectivity index (χ2v) is 10.4. The van der Waals surface area contributed by atoms with Crippen LogP contribution in [0.4, 0.5) is 5.69 Å². The molecule has 6 rings (SSSR count). The number of anilines is 1. The van der Waals surface area contributed by atoms with E-state index in [0.29, 0.717) is 6.04 Å². The van der Waals surface area contributed by atoms with Crippen LogP contribution in [0, 0.1) is 0 Å². The third kappa shape index (κ3) is 5.14. The molecule has 0 amide bonds. The summed E-state index contributed by atoms with van der Waals surface area (Å²) in [7, 11) is 0. The Hall–Kier alpha value is -2.32. The smallest absolute Gasteiger partial charge is 0.151 e. The van der Waals surface area contributed by atoms with Gasteiger partial charge in [0.2, 0.25) is 0 Å². The first kappa shape index (κ1) is 24.4. The van der Waals surface area contributed by atoms with Crippen molar-refractivity contribution in [2.75, 3.05) is 44.3 Å². The molecule has 2 fully saturated rings. The second-order valence-electron chi connectivity index (χ2n) is 8.52. The molecular weight excluding hydrogens is 520 g/mol. The minimum Gasteiger partial charge on any atom is -0.378 e. The number of aromatic nitrogens is 2. The molecule has 2 saturated heterocycles. The number of hydrogen-bond acceptors (Lipinski definition) is 5. The summed E-state index contributed by atoms with van der Waals surface area (Å²) in [5.74, 6) is 0. The van der Waals surface area contributed by atoms with E-state index in [2.05, 4.69) is 84.3 Å². The van der Waals surface area contributed by atoms with Gasteiger partial charge in [-0.15, -0.1) is 0 Å². The Morgan fingerprint density at radius 3 is 2.29 bits per heavy atom. The first-order valence-corrected chi connectivity index (χ1v) is 13.9. The fourth-order valence-electron chi connectivity index (χ4n) is 4.55. The topological polar surface area (TPSA) is 33.5 Å². The van der Waals surface area contributed by atoms with Crippen molar-refractivity contribution < 1.29 is 4.74 Å². The van der Waals surface area contributed by atoms with Crippen molar-refractivity contribution in [3.8, 4) is 11.3 Å². The van der Waals surface area contributed by atoms with Crippen LogP contribution in [0.25, 0.3) is 22.3 Å². The highest BCUT2D eigenvalue weighted by atomic mass is 79.9. The normalized spacial score (nSPS) is 16.6. The van der Waals surface area contributed by atoms with Gasteiger partial charge in [-0.2, -0.15) is 0 Å². The van der Waals surface area contributed by atoms with E-state index in [1.807, 2.05) is 32.2 Å². The molecule has 2 aromatic carbocycles. The van der Waals surface area contributed by atoms with Crippen molar-refractivity contribution in [3.05, 3.63) is 77.4 Å². The summed E-state index contributed by atoms with van der Waals surface area (Å²) in [6.07, 6.45) is 1.86. The summed E-state index contributed by atoms with van der Waals surface area (Å²) < 4.78 is 8.67. The third-order valence-corrected chi connectivity index (χ3v) is 8.25. The molecule has 7 heteroatoms. The Bertz CT molecular complexity index is 1250. The molecule has 0 radical (unpaired) electrons. The molecule has 5 nitrogen and oxygen atoms in total. The molecule has 4 heterocycles. The molecule has 182 valence electrons. The lowest BCUT2D eigenvalue weighted by Crippen LogP contribution is -2.56. The molecular formula is C28H31BrN4OS. The molecule has 0 bridgehead atoms. The van der Waals surface area contributed by atoms with E-state index in [-0.39, 0.29) is 0 Å². The fourth-order valence-corrected chi connectivity index (χ4v) is 5.93. The Kier molecular flexibility index (Phi) is 7.78. The maximum absolute atomic E-state index is 5.36. The lowest BCUT2D eigenvalue weighted by Gasteiger charge is -2.43. The van der Waals surface area contributed by atoms with Crippen LogP contribution in [0.5, 0.6) is 0 Å². The van der Waals surface area contributed by atoms with Crippen LogP contribution in [0.1, 0.15) is 13.8 Å². The van der Waals surface area contributed by atoms with Crippen molar-refractivity contribution in [1.29, 1.82) is 0 Å². The lowest BCUT2D eigenvalue weighted by atomic mass is 10.1. The lowest BCUT2D eigenvalue weighted by molar-refractivity contribution is -0.0660. The minimum absolute atomic E-state index is 0.631. The molecule has 35 heavy (non-hydrogen) atoms. The average Bonchev–Trinajstić information content (AvgIpc) is 3.25. The zero-order valence-electron chi connectivity index (χ0n) is 20.2. The quantitative estimate of drug-likeness (QED) is 0.280. The van der Waals surface area contributed by atoms with Crippen molar-refractivity contribution in [3.63, 3.8) is 0 Å². The van der Waals surface area contributed by atoms with Gasteiger partial charge < -0.3 is 9.64 Å². The summed E-state index contributed by atoms with van der Waals surface area (Å²) in [6, 6.07) is 24.3. The highest BCUT2D eigenvalue weighted by Crippen LogP contribution is 2.37. The standard InChI is InChI=1S/C26H25BrN4OS.C2H6/c27-24-10-11-28-26-23(24)16-25(31(26)33-22-4-2-1-3-5-22)19-6-8-20(9-7-19)29-12-14-30(15-13-29)21-17-32-18-21;1-2/h1-11,16,21H,12-15,17-18H2;1-2H3. The number of nitrogens with zero attached hydrogens (tertiary/aromatic N) is 4. The largest absolute Gasteiger partial charge is 0.378 e. The predicted octanol–water partition coefficient (Wildman–Crippen LogP) is 6.57. The summed E-state index contributed by atoms with van der Waals surface area (Å²) in [5, 5.41) is 1.12. The number of halogens is 1. The van der Waals surface area contributed by atoms with Gasteiger partial charge in [-0.3, -0.25) is 8.87 Å². The maximum Gasteiger partial charge on any atom is 0.151 e. The van der Waals surface area contributed by atoms with Crippen LogP contribution >= 0.6 is 27.9 Å². The first-order chi connectivity index (χ1) is 17.3. The van der Waals surface area contributed by atoms with Crippen LogP contribution in [-0.2, 0) is 4.74 Å². The van der Waals surface area contributed by atoms with Crippen molar-refractivity contribution >= 4 is 44.6 Å². The van der Waals surface area contributed by atoms with E-state index in [1.165, 1.54) is 16.1 Å². The molecule has 4 aromatic rings. The molecule has 0 spiro atoms. The van der Waals surface area contributed by atoms with Crippen molar-refractivity contribution in [1.82, 2.24) is 13.9 Å². The molecule has 0 aliphatic carbocycles. The molecule has 0 atom stereocenters. The van der Waals surface area contributed by atoms with E-state index >= 15 is 0 Å². The summed E-state index contributed by atoms with van der Waals surface area (Å²) in [4.78, 5) is 10.9. The van der Waals surface area contributed by atoms with E-state index in [4.69, 9.17) is 9.72 Å². The maximum atomic E-state index is 5.36. The SMILES string of the molecule is Brc1ccnc2c1cc(-c1ccc(N3CCN(C4COC4)CC3)cc1)n2Sc1ccccc1.CC. The molecule has 0 unspecified atom stereocenters. The van der Waals surface area contributed by atoms with E-state index in [9.17, 15) is 0 Å². The minimum atomic E-state index is 0.631. The second kappa shape index (κ2) is 11.2. The number of fused-ring (bicyclic) bond motifs is 1. The van der Waals surface area contributed by atoms with Gasteiger partial charge in [0, 0.05) is 52.8 Å². The number of pyridine rings is 1. The molecule has 2 aliphatic rings. The van der Waals surface area contributed by atoms with Gasteiger partial charge >= 0.3 is 0 Å². The van der Waals surface area contributed by atoms with Crippen LogP contribution in [0.3, 0.4) is 0 Å². The molecule has 0 N–H and O–H groups in total. The number of ether oxygens (including phenoxy) is 1. The van der Waals surface area contributed by atoms with Crippen molar-refractivity contribution in [2.24, 2.45) is 0 Å². The summed E-state index contributed by atoms with van der Waals surface area (Å²) >= 11 is 5.41. The summed E-state index contributed by atoms with van der Waals surface area (Å²) in [5.41, 5.74) is 4.60. The van der Waals surface area contributed by atoms with Gasteiger partial charge in [0.05, 0.1) is 24.9 Å². The van der Waals surface area contributed by atoms with Crippen molar-refractivity contribution in [2.45, 2.75) is 24.8 Å². The van der Waals surface area contributed by atoms with Gasteiger partial charge in [-0.25, -0.2) is 4.98 Å². The Balaban J connectivity index is 0.00000124.